The molecule has 0 heterocycles. The SMILES string of the molecule is CCCCc1ccc(Oc2ccc(CCl)cc2F)cc1. The minimum absolute atomic E-state index is 0.222. The Bertz CT molecular complexity index is 551. The van der Waals surface area contributed by atoms with Crippen LogP contribution in [0.2, 0.25) is 0 Å². The number of aryl methyl sites for hydroxylation is 1. The van der Waals surface area contributed by atoms with E-state index in [1.165, 1.54) is 24.5 Å². The number of ether oxygens (including phenoxy) is 1. The molecule has 106 valence electrons. The van der Waals surface area contributed by atoms with Gasteiger partial charge in [-0.15, -0.1) is 11.6 Å². The first-order valence-corrected chi connectivity index (χ1v) is 7.37. The minimum Gasteiger partial charge on any atom is -0.454 e. The minimum atomic E-state index is -0.391. The summed E-state index contributed by atoms with van der Waals surface area (Å²) in [4.78, 5) is 0. The highest BCUT2D eigenvalue weighted by Gasteiger charge is 2.06. The lowest BCUT2D eigenvalue weighted by molar-refractivity contribution is 0.441. The largest absolute Gasteiger partial charge is 0.454 e. The Morgan fingerprint density at radius 3 is 2.35 bits per heavy atom. The van der Waals surface area contributed by atoms with Crippen LogP contribution in [0.3, 0.4) is 0 Å². The zero-order chi connectivity index (χ0) is 14.4. The highest BCUT2D eigenvalue weighted by atomic mass is 35.5. The van der Waals surface area contributed by atoms with Crippen LogP contribution < -0.4 is 4.74 Å². The first-order valence-electron chi connectivity index (χ1n) is 6.84. The van der Waals surface area contributed by atoms with Crippen LogP contribution in [0, 0.1) is 5.82 Å². The van der Waals surface area contributed by atoms with Gasteiger partial charge in [-0.1, -0.05) is 31.5 Å². The van der Waals surface area contributed by atoms with Crippen molar-refractivity contribution in [3.8, 4) is 11.5 Å². The molecule has 0 radical (unpaired) electrons. The smallest absolute Gasteiger partial charge is 0.166 e. The van der Waals surface area contributed by atoms with Crippen molar-refractivity contribution < 1.29 is 9.13 Å². The van der Waals surface area contributed by atoms with Crippen molar-refractivity contribution in [1.82, 2.24) is 0 Å². The fourth-order valence-electron chi connectivity index (χ4n) is 1.94. The van der Waals surface area contributed by atoms with Crippen LogP contribution in [0.4, 0.5) is 4.39 Å². The van der Waals surface area contributed by atoms with E-state index in [4.69, 9.17) is 16.3 Å². The van der Waals surface area contributed by atoms with Crippen LogP contribution in [-0.2, 0) is 12.3 Å². The third-order valence-electron chi connectivity index (χ3n) is 3.12. The Morgan fingerprint density at radius 1 is 1.05 bits per heavy atom. The zero-order valence-corrected chi connectivity index (χ0v) is 12.3. The molecule has 2 aromatic carbocycles. The molecule has 2 aromatic rings. The second-order valence-electron chi connectivity index (χ2n) is 4.75. The third kappa shape index (κ3) is 3.97. The highest BCUT2D eigenvalue weighted by molar-refractivity contribution is 6.17. The molecule has 1 nitrogen and oxygen atoms in total. The van der Waals surface area contributed by atoms with Gasteiger partial charge in [-0.25, -0.2) is 4.39 Å². The van der Waals surface area contributed by atoms with Crippen molar-refractivity contribution in [2.24, 2.45) is 0 Å². The summed E-state index contributed by atoms with van der Waals surface area (Å²) < 4.78 is 19.3. The maximum absolute atomic E-state index is 13.8. The molecule has 0 aliphatic heterocycles. The van der Waals surface area contributed by atoms with Crippen LogP contribution >= 0.6 is 11.6 Å². The maximum Gasteiger partial charge on any atom is 0.166 e. The molecular weight excluding hydrogens is 275 g/mol. The lowest BCUT2D eigenvalue weighted by atomic mass is 10.1. The summed E-state index contributed by atoms with van der Waals surface area (Å²) in [5, 5.41) is 0. The predicted molar refractivity (Wildman–Crippen MR) is 81.1 cm³/mol. The van der Waals surface area contributed by atoms with Gasteiger partial charge in [-0.2, -0.15) is 0 Å². The number of alkyl halides is 1. The van der Waals surface area contributed by atoms with Gasteiger partial charge in [0.25, 0.3) is 0 Å². The number of halogens is 2. The monoisotopic (exact) mass is 292 g/mol. The van der Waals surface area contributed by atoms with E-state index in [1.807, 2.05) is 24.3 Å². The fourth-order valence-corrected chi connectivity index (χ4v) is 2.11. The summed E-state index contributed by atoms with van der Waals surface area (Å²) in [6.45, 7) is 2.17. The van der Waals surface area contributed by atoms with E-state index >= 15 is 0 Å². The van der Waals surface area contributed by atoms with E-state index in [2.05, 4.69) is 6.92 Å². The van der Waals surface area contributed by atoms with Gasteiger partial charge in [0, 0.05) is 5.88 Å². The first-order chi connectivity index (χ1) is 9.72. The maximum atomic E-state index is 13.8. The summed E-state index contributed by atoms with van der Waals surface area (Å²) in [5.74, 6) is 0.768. The first kappa shape index (κ1) is 14.9. The van der Waals surface area contributed by atoms with Crippen LogP contribution in [0.1, 0.15) is 30.9 Å². The molecule has 0 atom stereocenters. The van der Waals surface area contributed by atoms with Gasteiger partial charge in [-0.05, 0) is 48.2 Å². The molecule has 0 N–H and O–H groups in total. The van der Waals surface area contributed by atoms with Crippen molar-refractivity contribution in [3.63, 3.8) is 0 Å². The Labute approximate surface area is 124 Å². The topological polar surface area (TPSA) is 9.23 Å². The van der Waals surface area contributed by atoms with Crippen molar-refractivity contribution in [2.75, 3.05) is 0 Å². The standard InChI is InChI=1S/C17H18ClFO/c1-2-3-4-13-5-8-15(9-6-13)20-17-10-7-14(12-18)11-16(17)19/h5-11H,2-4,12H2,1H3. The summed E-state index contributed by atoms with van der Waals surface area (Å²) >= 11 is 5.66. The van der Waals surface area contributed by atoms with E-state index in [0.717, 1.165) is 12.0 Å². The van der Waals surface area contributed by atoms with Crippen molar-refractivity contribution in [2.45, 2.75) is 32.1 Å². The van der Waals surface area contributed by atoms with Gasteiger partial charge in [0.05, 0.1) is 0 Å². The molecule has 0 unspecified atom stereocenters. The highest BCUT2D eigenvalue weighted by Crippen LogP contribution is 2.26. The predicted octanol–water partition coefficient (Wildman–Crippen LogP) is 5.70. The van der Waals surface area contributed by atoms with Crippen LogP contribution in [0.25, 0.3) is 0 Å². The van der Waals surface area contributed by atoms with E-state index in [-0.39, 0.29) is 5.75 Å². The summed E-state index contributed by atoms with van der Waals surface area (Å²) in [7, 11) is 0. The fraction of sp³-hybridized carbons (Fsp3) is 0.294. The molecule has 0 bridgehead atoms. The number of benzene rings is 2. The van der Waals surface area contributed by atoms with Crippen molar-refractivity contribution in [1.29, 1.82) is 0 Å². The van der Waals surface area contributed by atoms with E-state index < -0.39 is 5.82 Å². The molecule has 0 aliphatic rings. The van der Waals surface area contributed by atoms with E-state index in [1.54, 1.807) is 12.1 Å². The van der Waals surface area contributed by atoms with E-state index in [9.17, 15) is 4.39 Å². The average Bonchev–Trinajstić information content (AvgIpc) is 2.48. The Kier molecular flexibility index (Phi) is 5.42. The molecule has 20 heavy (non-hydrogen) atoms. The molecule has 2 rings (SSSR count). The Balaban J connectivity index is 2.06. The molecule has 0 aliphatic carbocycles. The lowest BCUT2D eigenvalue weighted by Crippen LogP contribution is -1.91. The number of unbranched alkanes of at least 4 members (excludes halogenated alkanes) is 1. The molecular formula is C17H18ClFO. The summed E-state index contributed by atoms with van der Waals surface area (Å²) in [6.07, 6.45) is 3.42. The molecule has 0 fully saturated rings. The summed E-state index contributed by atoms with van der Waals surface area (Å²) in [6, 6.07) is 12.6. The molecule has 3 heteroatoms. The molecule has 0 saturated carbocycles. The molecule has 0 aromatic heterocycles. The van der Waals surface area contributed by atoms with Crippen LogP contribution in [0.5, 0.6) is 11.5 Å². The number of rotatable bonds is 6. The Morgan fingerprint density at radius 2 is 1.75 bits per heavy atom. The lowest BCUT2D eigenvalue weighted by Gasteiger charge is -2.08. The number of hydrogen-bond donors (Lipinski definition) is 0. The second-order valence-corrected chi connectivity index (χ2v) is 5.02. The average molecular weight is 293 g/mol. The normalized spacial score (nSPS) is 10.6. The van der Waals surface area contributed by atoms with E-state index in [0.29, 0.717) is 11.6 Å². The number of hydrogen-bond acceptors (Lipinski definition) is 1. The van der Waals surface area contributed by atoms with Crippen LogP contribution in [-0.4, -0.2) is 0 Å². The Hall–Kier alpha value is -1.54. The quantitative estimate of drug-likeness (QED) is 0.621. The van der Waals surface area contributed by atoms with Gasteiger partial charge < -0.3 is 4.74 Å². The third-order valence-corrected chi connectivity index (χ3v) is 3.43. The van der Waals surface area contributed by atoms with Crippen molar-refractivity contribution >= 4 is 11.6 Å². The van der Waals surface area contributed by atoms with Gasteiger partial charge in [-0.3, -0.25) is 0 Å². The summed E-state index contributed by atoms with van der Waals surface area (Å²) in [5.41, 5.74) is 2.02. The molecule has 0 amide bonds. The van der Waals surface area contributed by atoms with Gasteiger partial charge >= 0.3 is 0 Å². The second kappa shape index (κ2) is 7.30. The van der Waals surface area contributed by atoms with Gasteiger partial charge in [0.15, 0.2) is 11.6 Å². The van der Waals surface area contributed by atoms with Gasteiger partial charge in [0.2, 0.25) is 0 Å². The molecule has 0 spiro atoms. The van der Waals surface area contributed by atoms with Gasteiger partial charge in [0.1, 0.15) is 5.75 Å². The van der Waals surface area contributed by atoms with Crippen molar-refractivity contribution in [3.05, 3.63) is 59.4 Å². The van der Waals surface area contributed by atoms with Crippen LogP contribution in [0.15, 0.2) is 42.5 Å². The zero-order valence-electron chi connectivity index (χ0n) is 11.5. The molecule has 0 saturated heterocycles.